The van der Waals surface area contributed by atoms with Crippen molar-refractivity contribution in [2.75, 3.05) is 11.3 Å². The second kappa shape index (κ2) is 5.95. The molecular formula is C14H17NO3S2. The van der Waals surface area contributed by atoms with Crippen LogP contribution in [0.1, 0.15) is 16.0 Å². The number of thiophene rings is 1. The Kier molecular flexibility index (Phi) is 4.47. The highest BCUT2D eigenvalue weighted by molar-refractivity contribution is 7.94. The van der Waals surface area contributed by atoms with Crippen LogP contribution >= 0.6 is 11.3 Å². The highest BCUT2D eigenvalue weighted by Crippen LogP contribution is 2.26. The Bertz CT molecular complexity index is 705. The fraction of sp³-hybridized carbons (Fsp3) is 0.286. The van der Waals surface area contributed by atoms with Crippen LogP contribution in [0.25, 0.3) is 0 Å². The van der Waals surface area contributed by atoms with E-state index in [1.165, 1.54) is 11.3 Å². The number of aliphatic hydroxyl groups is 1. The van der Waals surface area contributed by atoms with Crippen LogP contribution in [0.4, 0.5) is 5.69 Å². The van der Waals surface area contributed by atoms with Crippen LogP contribution in [-0.4, -0.2) is 20.1 Å². The normalized spacial score (nSPS) is 11.6. The fourth-order valence-electron chi connectivity index (χ4n) is 1.87. The van der Waals surface area contributed by atoms with Crippen LogP contribution < -0.4 is 4.72 Å². The van der Waals surface area contributed by atoms with Crippen LogP contribution in [0.5, 0.6) is 0 Å². The third kappa shape index (κ3) is 3.39. The van der Waals surface area contributed by atoms with Gasteiger partial charge in [0.2, 0.25) is 0 Å². The van der Waals surface area contributed by atoms with E-state index in [1.807, 2.05) is 26.0 Å². The molecule has 0 aliphatic rings. The lowest BCUT2D eigenvalue weighted by Crippen LogP contribution is -2.12. The van der Waals surface area contributed by atoms with Crippen molar-refractivity contribution in [3.63, 3.8) is 0 Å². The number of hydrogen-bond donors (Lipinski definition) is 2. The molecule has 1 aromatic carbocycles. The molecule has 1 aromatic heterocycles. The Morgan fingerprint density at radius 2 is 1.95 bits per heavy atom. The number of aryl methyl sites for hydroxylation is 2. The van der Waals surface area contributed by atoms with Crippen LogP contribution in [0.3, 0.4) is 0 Å². The summed E-state index contributed by atoms with van der Waals surface area (Å²) in [5, 5.41) is 8.87. The van der Waals surface area contributed by atoms with Crippen molar-refractivity contribution in [3.8, 4) is 0 Å². The number of nitrogens with one attached hydrogen (secondary N) is 1. The second-order valence-electron chi connectivity index (χ2n) is 4.62. The molecule has 0 saturated heterocycles. The van der Waals surface area contributed by atoms with Crippen molar-refractivity contribution < 1.29 is 13.5 Å². The van der Waals surface area contributed by atoms with Gasteiger partial charge in [-0.05, 0) is 37.6 Å². The van der Waals surface area contributed by atoms with Crippen LogP contribution in [0, 0.1) is 13.8 Å². The third-order valence-corrected chi connectivity index (χ3v) is 5.89. The first-order valence-electron chi connectivity index (χ1n) is 6.22. The van der Waals surface area contributed by atoms with Gasteiger partial charge in [0, 0.05) is 17.9 Å². The van der Waals surface area contributed by atoms with E-state index >= 15 is 0 Å². The summed E-state index contributed by atoms with van der Waals surface area (Å²) < 4.78 is 27.5. The molecule has 20 heavy (non-hydrogen) atoms. The number of aliphatic hydroxyl groups excluding tert-OH is 1. The highest BCUT2D eigenvalue weighted by Gasteiger charge is 2.17. The predicted octanol–water partition coefficient (Wildman–Crippen LogP) is 2.70. The first-order valence-corrected chi connectivity index (χ1v) is 8.52. The molecule has 1 heterocycles. The largest absolute Gasteiger partial charge is 0.396 e. The van der Waals surface area contributed by atoms with Crippen molar-refractivity contribution in [1.82, 2.24) is 0 Å². The molecule has 0 aliphatic heterocycles. The van der Waals surface area contributed by atoms with Gasteiger partial charge in [-0.15, -0.1) is 11.3 Å². The maximum atomic E-state index is 12.3. The quantitative estimate of drug-likeness (QED) is 0.892. The van der Waals surface area contributed by atoms with Crippen molar-refractivity contribution in [1.29, 1.82) is 0 Å². The zero-order chi connectivity index (χ0) is 14.8. The summed E-state index contributed by atoms with van der Waals surface area (Å²) >= 11 is 1.18. The molecule has 0 bridgehead atoms. The van der Waals surface area contributed by atoms with Gasteiger partial charge < -0.3 is 5.11 Å². The average molecular weight is 311 g/mol. The molecule has 0 amide bonds. The van der Waals surface area contributed by atoms with Crippen LogP contribution in [0.15, 0.2) is 34.5 Å². The monoisotopic (exact) mass is 311 g/mol. The summed E-state index contributed by atoms with van der Waals surface area (Å²) in [7, 11) is -3.56. The van der Waals surface area contributed by atoms with E-state index in [1.54, 1.807) is 18.2 Å². The molecule has 2 rings (SSSR count). The van der Waals surface area contributed by atoms with E-state index in [0.29, 0.717) is 12.1 Å². The molecule has 6 heteroatoms. The van der Waals surface area contributed by atoms with Gasteiger partial charge in [0.1, 0.15) is 4.21 Å². The molecule has 0 unspecified atom stereocenters. The Morgan fingerprint density at radius 1 is 1.20 bits per heavy atom. The fourth-order valence-corrected chi connectivity index (χ4v) is 4.35. The molecule has 0 radical (unpaired) electrons. The van der Waals surface area contributed by atoms with Crippen molar-refractivity contribution in [2.24, 2.45) is 0 Å². The summed E-state index contributed by atoms with van der Waals surface area (Å²) in [6.07, 6.45) is 0.476. The SMILES string of the molecule is Cc1ccc(NS(=O)(=O)c2ccc(CCO)s2)c(C)c1. The third-order valence-electron chi connectivity index (χ3n) is 2.89. The van der Waals surface area contributed by atoms with Gasteiger partial charge in [0.05, 0.1) is 5.69 Å². The zero-order valence-electron chi connectivity index (χ0n) is 11.4. The second-order valence-corrected chi connectivity index (χ2v) is 7.70. The topological polar surface area (TPSA) is 66.4 Å². The summed E-state index contributed by atoms with van der Waals surface area (Å²) in [6, 6.07) is 8.88. The van der Waals surface area contributed by atoms with E-state index in [0.717, 1.165) is 16.0 Å². The number of anilines is 1. The van der Waals surface area contributed by atoms with Gasteiger partial charge in [-0.2, -0.15) is 0 Å². The number of sulfonamides is 1. The minimum Gasteiger partial charge on any atom is -0.396 e. The molecule has 0 fully saturated rings. The Morgan fingerprint density at radius 3 is 2.60 bits per heavy atom. The standard InChI is InChI=1S/C14H17NO3S2/c1-10-3-5-13(11(2)9-10)15-20(17,18)14-6-4-12(19-14)7-8-16/h3-6,9,15-16H,7-8H2,1-2H3. The summed E-state index contributed by atoms with van der Waals surface area (Å²) in [5.74, 6) is 0. The Labute approximate surface area is 123 Å². The van der Waals surface area contributed by atoms with Gasteiger partial charge in [-0.3, -0.25) is 4.72 Å². The predicted molar refractivity (Wildman–Crippen MR) is 81.8 cm³/mol. The first-order chi connectivity index (χ1) is 9.42. The van der Waals surface area contributed by atoms with E-state index in [9.17, 15) is 8.42 Å². The highest BCUT2D eigenvalue weighted by atomic mass is 32.2. The van der Waals surface area contributed by atoms with Gasteiger partial charge in [-0.25, -0.2) is 8.42 Å². The maximum Gasteiger partial charge on any atom is 0.271 e. The molecule has 4 nitrogen and oxygen atoms in total. The first kappa shape index (κ1) is 15.0. The van der Waals surface area contributed by atoms with E-state index < -0.39 is 10.0 Å². The van der Waals surface area contributed by atoms with E-state index in [2.05, 4.69) is 4.72 Å². The smallest absolute Gasteiger partial charge is 0.271 e. The molecule has 0 aliphatic carbocycles. The Balaban J connectivity index is 2.26. The molecule has 108 valence electrons. The lowest BCUT2D eigenvalue weighted by Gasteiger charge is -2.09. The van der Waals surface area contributed by atoms with Crippen LogP contribution in [0.2, 0.25) is 0 Å². The average Bonchev–Trinajstić information content (AvgIpc) is 2.83. The van der Waals surface area contributed by atoms with Crippen LogP contribution in [-0.2, 0) is 16.4 Å². The molecule has 0 saturated carbocycles. The van der Waals surface area contributed by atoms with Gasteiger partial charge in [0.25, 0.3) is 10.0 Å². The number of rotatable bonds is 5. The van der Waals surface area contributed by atoms with Gasteiger partial charge in [0.15, 0.2) is 0 Å². The number of benzene rings is 1. The number of hydrogen-bond acceptors (Lipinski definition) is 4. The van der Waals surface area contributed by atoms with E-state index in [-0.39, 0.29) is 10.8 Å². The summed E-state index contributed by atoms with van der Waals surface area (Å²) in [4.78, 5) is 0.855. The van der Waals surface area contributed by atoms with Crippen molar-refractivity contribution in [2.45, 2.75) is 24.5 Å². The van der Waals surface area contributed by atoms with Crippen molar-refractivity contribution >= 4 is 27.0 Å². The molecule has 2 aromatic rings. The Hall–Kier alpha value is -1.37. The molecule has 0 atom stereocenters. The summed E-state index contributed by atoms with van der Waals surface area (Å²) in [5.41, 5.74) is 2.57. The molecular weight excluding hydrogens is 294 g/mol. The maximum absolute atomic E-state index is 12.3. The van der Waals surface area contributed by atoms with E-state index in [4.69, 9.17) is 5.11 Å². The lowest BCUT2D eigenvalue weighted by atomic mass is 10.1. The summed E-state index contributed by atoms with van der Waals surface area (Å²) in [6.45, 7) is 3.85. The minimum absolute atomic E-state index is 0.0184. The zero-order valence-corrected chi connectivity index (χ0v) is 13.0. The molecule has 2 N–H and O–H groups in total. The lowest BCUT2D eigenvalue weighted by molar-refractivity contribution is 0.300. The van der Waals surface area contributed by atoms with Gasteiger partial charge in [-0.1, -0.05) is 17.7 Å². The minimum atomic E-state index is -3.56. The van der Waals surface area contributed by atoms with Gasteiger partial charge >= 0.3 is 0 Å². The van der Waals surface area contributed by atoms with Crippen molar-refractivity contribution in [3.05, 3.63) is 46.3 Å². The molecule has 0 spiro atoms.